The van der Waals surface area contributed by atoms with Gasteiger partial charge in [-0.2, -0.15) is 0 Å². The van der Waals surface area contributed by atoms with Crippen LogP contribution in [0.5, 0.6) is 11.5 Å². The number of thiazole rings is 1. The molecule has 3 heterocycles. The first-order chi connectivity index (χ1) is 17.9. The second-order valence-corrected chi connectivity index (χ2v) is 13.5. The highest BCUT2D eigenvalue weighted by molar-refractivity contribution is 8.00. The number of rotatable bonds is 4. The van der Waals surface area contributed by atoms with Crippen LogP contribution in [0.4, 0.5) is 5.69 Å². The van der Waals surface area contributed by atoms with E-state index in [1.807, 2.05) is 19.1 Å². The molecule has 2 amide bonds. The number of benzene rings is 2. The Morgan fingerprint density at radius 1 is 1.14 bits per heavy atom. The lowest BCUT2D eigenvalue weighted by atomic mass is 9.68. The Morgan fingerprint density at radius 2 is 1.86 bits per heavy atom. The number of nitrogens with zero attached hydrogens (tertiary/aromatic N) is 1. The summed E-state index contributed by atoms with van der Waals surface area (Å²) in [6.45, 7) is 2.34. The van der Waals surface area contributed by atoms with Crippen LogP contribution in [0.2, 0.25) is 5.02 Å². The first-order valence-corrected chi connectivity index (χ1v) is 14.8. The van der Waals surface area contributed by atoms with Gasteiger partial charge in [0.25, 0.3) is 0 Å². The third-order valence-electron chi connectivity index (χ3n) is 8.45. The SMILES string of the molecule is CCOc1cc(C2c3sc(=S)[nH]c3SC3C4CC(C5C(=O)N(c6ccc(Cl)cc6)C(=O)C45)C23)ccc1O. The maximum Gasteiger partial charge on any atom is 0.238 e. The van der Waals surface area contributed by atoms with Crippen molar-refractivity contribution in [3.05, 3.63) is 61.9 Å². The van der Waals surface area contributed by atoms with Crippen LogP contribution in [0.1, 0.15) is 29.7 Å². The molecule has 3 aromatic rings. The van der Waals surface area contributed by atoms with E-state index < -0.39 is 0 Å². The molecule has 190 valence electrons. The molecule has 2 aliphatic heterocycles. The van der Waals surface area contributed by atoms with E-state index in [4.69, 9.17) is 28.6 Å². The van der Waals surface area contributed by atoms with Gasteiger partial charge in [0.1, 0.15) is 0 Å². The van der Waals surface area contributed by atoms with E-state index in [2.05, 4.69) is 4.98 Å². The van der Waals surface area contributed by atoms with Gasteiger partial charge in [-0.05, 0) is 85.3 Å². The molecule has 7 rings (SSSR count). The highest BCUT2D eigenvalue weighted by atomic mass is 35.5. The number of aromatic amines is 1. The minimum absolute atomic E-state index is 0.00226. The molecule has 3 fully saturated rings. The predicted molar refractivity (Wildman–Crippen MR) is 146 cm³/mol. The van der Waals surface area contributed by atoms with Gasteiger partial charge in [0.2, 0.25) is 11.8 Å². The largest absolute Gasteiger partial charge is 0.504 e. The van der Waals surface area contributed by atoms with Crippen LogP contribution in [0, 0.1) is 33.5 Å². The fourth-order valence-electron chi connectivity index (χ4n) is 7.23. The molecule has 2 aliphatic carbocycles. The van der Waals surface area contributed by atoms with E-state index in [-0.39, 0.29) is 58.3 Å². The number of phenolic OH excluding ortho intramolecular Hbond substituents is 1. The molecule has 7 unspecified atom stereocenters. The van der Waals surface area contributed by atoms with Crippen LogP contribution in [0.15, 0.2) is 47.5 Å². The van der Waals surface area contributed by atoms with Crippen LogP contribution in [0.3, 0.4) is 0 Å². The number of phenols is 1. The number of ether oxygens (including phenoxy) is 1. The summed E-state index contributed by atoms with van der Waals surface area (Å²) >= 11 is 15.0. The van der Waals surface area contributed by atoms with E-state index in [1.165, 1.54) is 9.78 Å². The van der Waals surface area contributed by atoms with Gasteiger partial charge in [-0.3, -0.25) is 14.5 Å². The number of carbonyl (C=O) groups excluding carboxylic acids is 2. The Morgan fingerprint density at radius 3 is 2.59 bits per heavy atom. The van der Waals surface area contributed by atoms with Gasteiger partial charge in [0.05, 0.1) is 29.2 Å². The Hall–Kier alpha value is -2.33. The molecule has 6 nitrogen and oxygen atoms in total. The molecule has 0 spiro atoms. The number of amides is 2. The molecular formula is C27H23ClN2O4S3. The van der Waals surface area contributed by atoms with Crippen molar-refractivity contribution in [2.75, 3.05) is 11.5 Å². The Balaban J connectivity index is 1.32. The molecule has 10 heteroatoms. The number of hydrogen-bond acceptors (Lipinski definition) is 7. The summed E-state index contributed by atoms with van der Waals surface area (Å²) in [5.74, 6) is 0.120. The number of aromatic hydroxyl groups is 1. The summed E-state index contributed by atoms with van der Waals surface area (Å²) in [5.41, 5.74) is 1.63. The molecular weight excluding hydrogens is 548 g/mol. The summed E-state index contributed by atoms with van der Waals surface area (Å²) in [5, 5.41) is 12.2. The Bertz CT molecular complexity index is 1500. The third-order valence-corrected chi connectivity index (χ3v) is 11.6. The van der Waals surface area contributed by atoms with Gasteiger partial charge in [0.15, 0.2) is 15.5 Å². The van der Waals surface area contributed by atoms with Crippen LogP contribution >= 0.6 is 46.9 Å². The summed E-state index contributed by atoms with van der Waals surface area (Å²) in [4.78, 5) is 33.4. The number of H-pyrrole nitrogens is 1. The maximum atomic E-state index is 13.8. The zero-order valence-electron chi connectivity index (χ0n) is 19.7. The normalized spacial score (nSPS) is 31.4. The van der Waals surface area contributed by atoms with Crippen molar-refractivity contribution in [1.29, 1.82) is 0 Å². The highest BCUT2D eigenvalue weighted by Gasteiger charge is 2.69. The molecule has 1 saturated heterocycles. The molecule has 0 radical (unpaired) electrons. The molecule has 2 saturated carbocycles. The highest BCUT2D eigenvalue weighted by Crippen LogP contribution is 2.69. The van der Waals surface area contributed by atoms with Crippen LogP contribution in [0.25, 0.3) is 0 Å². The Kier molecular flexibility index (Phi) is 5.52. The quantitative estimate of drug-likeness (QED) is 0.285. The number of nitrogens with one attached hydrogen (secondary N) is 1. The van der Waals surface area contributed by atoms with E-state index in [0.717, 1.165) is 21.0 Å². The number of carbonyl (C=O) groups is 2. The zero-order valence-corrected chi connectivity index (χ0v) is 22.9. The molecule has 2 N–H and O–H groups in total. The molecule has 4 aliphatic rings. The van der Waals surface area contributed by atoms with Crippen molar-refractivity contribution in [3.8, 4) is 11.5 Å². The lowest BCUT2D eigenvalue weighted by molar-refractivity contribution is -0.123. The molecule has 37 heavy (non-hydrogen) atoms. The number of hydrogen-bond donors (Lipinski definition) is 2. The topological polar surface area (TPSA) is 82.6 Å². The van der Waals surface area contributed by atoms with E-state index in [1.54, 1.807) is 53.4 Å². The van der Waals surface area contributed by atoms with Crippen molar-refractivity contribution >= 4 is 64.4 Å². The average molecular weight is 571 g/mol. The number of anilines is 1. The van der Waals surface area contributed by atoms with Crippen LogP contribution in [-0.4, -0.2) is 33.8 Å². The molecule has 2 bridgehead atoms. The number of fused-ring (bicyclic) bond motifs is 9. The first kappa shape index (κ1) is 23.8. The van der Waals surface area contributed by atoms with Gasteiger partial charge in [-0.1, -0.05) is 17.7 Å². The van der Waals surface area contributed by atoms with Crippen molar-refractivity contribution in [1.82, 2.24) is 4.98 Å². The van der Waals surface area contributed by atoms with Crippen molar-refractivity contribution in [2.24, 2.45) is 29.6 Å². The lowest BCUT2D eigenvalue weighted by Crippen LogP contribution is -2.42. The Labute approximate surface area is 232 Å². The second-order valence-electron chi connectivity index (χ2n) is 10.1. The maximum absolute atomic E-state index is 13.8. The van der Waals surface area contributed by atoms with Crippen molar-refractivity contribution in [3.63, 3.8) is 0 Å². The monoisotopic (exact) mass is 570 g/mol. The number of aromatic nitrogens is 1. The first-order valence-electron chi connectivity index (χ1n) is 12.4. The summed E-state index contributed by atoms with van der Waals surface area (Å²) < 4.78 is 6.43. The summed E-state index contributed by atoms with van der Waals surface area (Å²) in [6, 6.07) is 12.5. The van der Waals surface area contributed by atoms with Gasteiger partial charge in [-0.25, -0.2) is 0 Å². The number of imide groups is 1. The lowest BCUT2D eigenvalue weighted by Gasteiger charge is -2.43. The minimum atomic E-state index is -0.325. The predicted octanol–water partition coefficient (Wildman–Crippen LogP) is 6.24. The van der Waals surface area contributed by atoms with Crippen LogP contribution in [-0.2, 0) is 9.59 Å². The average Bonchev–Trinajstić information content (AvgIpc) is 3.60. The minimum Gasteiger partial charge on any atom is -0.504 e. The van der Waals surface area contributed by atoms with E-state index >= 15 is 0 Å². The molecule has 1 aromatic heterocycles. The third kappa shape index (κ3) is 3.40. The summed E-state index contributed by atoms with van der Waals surface area (Å²) in [7, 11) is 0. The molecule has 2 aromatic carbocycles. The van der Waals surface area contributed by atoms with Crippen molar-refractivity contribution < 1.29 is 19.4 Å². The van der Waals surface area contributed by atoms with Gasteiger partial charge in [0, 0.05) is 21.1 Å². The summed E-state index contributed by atoms with van der Waals surface area (Å²) in [6.07, 6.45) is 0.867. The fraction of sp³-hybridized carbons (Fsp3) is 0.370. The number of thioether (sulfide) groups is 1. The van der Waals surface area contributed by atoms with Crippen molar-refractivity contribution in [2.45, 2.75) is 29.5 Å². The van der Waals surface area contributed by atoms with E-state index in [0.29, 0.717) is 23.1 Å². The zero-order chi connectivity index (χ0) is 25.6. The smallest absolute Gasteiger partial charge is 0.238 e. The van der Waals surface area contributed by atoms with E-state index in [9.17, 15) is 14.7 Å². The van der Waals surface area contributed by atoms with Gasteiger partial charge >= 0.3 is 0 Å². The van der Waals surface area contributed by atoms with Gasteiger partial charge < -0.3 is 14.8 Å². The fourth-order valence-corrected chi connectivity index (χ4v) is 10.7. The van der Waals surface area contributed by atoms with Gasteiger partial charge in [-0.15, -0.1) is 23.1 Å². The van der Waals surface area contributed by atoms with Crippen LogP contribution < -0.4 is 9.64 Å². The molecule has 7 atom stereocenters. The number of halogens is 1. The second kappa shape index (κ2) is 8.59. The standard InChI is InChI=1S/C27H23ClN2O4S3/c1-2-34-17-9-11(3-8-16(17)31)18-19-14-10-15(22(19)36-24-23(18)37-27(35)29-24)21-20(14)25(32)30(26(21)33)13-6-4-12(28)5-7-13/h3-9,14-15,18-22,31H,2,10H2,1H3,(H,29,35).